The molecular formula is C14H17N3O. The van der Waals surface area contributed by atoms with Crippen molar-refractivity contribution in [3.05, 3.63) is 30.6 Å². The highest BCUT2D eigenvalue weighted by atomic mass is 16.5. The molecule has 0 aliphatic carbocycles. The summed E-state index contributed by atoms with van der Waals surface area (Å²) in [5, 5.41) is 3.57. The second kappa shape index (κ2) is 5.31. The normalized spacial score (nSPS) is 20.6. The van der Waals surface area contributed by atoms with Gasteiger partial charge in [0, 0.05) is 37.3 Å². The monoisotopic (exact) mass is 243 g/mol. The van der Waals surface area contributed by atoms with E-state index in [1.807, 2.05) is 6.07 Å². The van der Waals surface area contributed by atoms with E-state index in [-0.39, 0.29) is 0 Å². The third-order valence-electron chi connectivity index (χ3n) is 3.29. The van der Waals surface area contributed by atoms with E-state index in [9.17, 15) is 0 Å². The fraction of sp³-hybridized carbons (Fsp3) is 0.429. The molecule has 1 fully saturated rings. The molecule has 0 saturated carbocycles. The number of rotatable bonds is 2. The van der Waals surface area contributed by atoms with Crippen molar-refractivity contribution in [1.82, 2.24) is 9.97 Å². The van der Waals surface area contributed by atoms with Crippen molar-refractivity contribution in [1.29, 1.82) is 0 Å². The molecule has 1 saturated heterocycles. The Morgan fingerprint density at radius 2 is 1.94 bits per heavy atom. The molecule has 0 amide bonds. The Kier molecular flexibility index (Phi) is 3.37. The lowest BCUT2D eigenvalue weighted by Gasteiger charge is -2.17. The molecule has 4 heteroatoms. The summed E-state index contributed by atoms with van der Waals surface area (Å²) in [5.74, 6) is 0. The van der Waals surface area contributed by atoms with Gasteiger partial charge in [0.2, 0.25) is 0 Å². The topological polar surface area (TPSA) is 47.0 Å². The molecule has 1 unspecified atom stereocenters. The maximum atomic E-state index is 5.47. The zero-order valence-electron chi connectivity index (χ0n) is 10.3. The summed E-state index contributed by atoms with van der Waals surface area (Å²) in [6.07, 6.45) is 6.81. The van der Waals surface area contributed by atoms with Crippen molar-refractivity contribution in [2.75, 3.05) is 18.5 Å². The number of nitrogens with zero attached hydrogens (tertiary/aromatic N) is 2. The number of ether oxygens (including phenoxy) is 1. The van der Waals surface area contributed by atoms with Crippen LogP contribution >= 0.6 is 0 Å². The molecule has 0 bridgehead atoms. The predicted octanol–water partition coefficient (Wildman–Crippen LogP) is 2.61. The maximum Gasteiger partial charge on any atom is 0.0907 e. The van der Waals surface area contributed by atoms with E-state index in [4.69, 9.17) is 4.74 Å². The van der Waals surface area contributed by atoms with Gasteiger partial charge in [-0.05, 0) is 37.5 Å². The van der Waals surface area contributed by atoms with Crippen molar-refractivity contribution in [3.8, 4) is 0 Å². The Labute approximate surface area is 106 Å². The third kappa shape index (κ3) is 2.59. The van der Waals surface area contributed by atoms with Gasteiger partial charge in [-0.3, -0.25) is 9.97 Å². The van der Waals surface area contributed by atoms with E-state index in [0.717, 1.165) is 42.8 Å². The van der Waals surface area contributed by atoms with Gasteiger partial charge in [0.1, 0.15) is 0 Å². The number of hydrogen-bond donors (Lipinski definition) is 1. The van der Waals surface area contributed by atoms with Crippen LogP contribution in [-0.2, 0) is 4.74 Å². The summed E-state index contributed by atoms with van der Waals surface area (Å²) in [4.78, 5) is 8.60. The second-order valence-corrected chi connectivity index (χ2v) is 4.64. The van der Waals surface area contributed by atoms with Crippen LogP contribution in [0.3, 0.4) is 0 Å². The van der Waals surface area contributed by atoms with Gasteiger partial charge in [-0.1, -0.05) is 0 Å². The van der Waals surface area contributed by atoms with Crippen molar-refractivity contribution >= 4 is 16.7 Å². The van der Waals surface area contributed by atoms with Gasteiger partial charge in [-0.2, -0.15) is 0 Å². The van der Waals surface area contributed by atoms with E-state index in [1.165, 1.54) is 6.42 Å². The van der Waals surface area contributed by atoms with Gasteiger partial charge in [-0.15, -0.1) is 0 Å². The van der Waals surface area contributed by atoms with Gasteiger partial charge in [0.25, 0.3) is 0 Å². The maximum absolute atomic E-state index is 5.47. The van der Waals surface area contributed by atoms with Crippen LogP contribution in [0.5, 0.6) is 0 Å². The van der Waals surface area contributed by atoms with Crippen LogP contribution < -0.4 is 5.32 Å². The van der Waals surface area contributed by atoms with Crippen LogP contribution in [0.25, 0.3) is 11.0 Å². The van der Waals surface area contributed by atoms with Crippen molar-refractivity contribution in [2.45, 2.75) is 25.3 Å². The summed E-state index contributed by atoms with van der Waals surface area (Å²) in [6.45, 7) is 1.74. The number of aromatic nitrogens is 2. The molecule has 4 nitrogen and oxygen atoms in total. The summed E-state index contributed by atoms with van der Waals surface area (Å²) < 4.78 is 5.47. The van der Waals surface area contributed by atoms with Gasteiger partial charge in [0.05, 0.1) is 11.0 Å². The number of anilines is 1. The average Bonchev–Trinajstić information content (AvgIpc) is 2.67. The van der Waals surface area contributed by atoms with Gasteiger partial charge < -0.3 is 10.1 Å². The molecule has 1 aromatic carbocycles. The number of fused-ring (bicyclic) bond motifs is 1. The molecule has 0 radical (unpaired) electrons. The van der Waals surface area contributed by atoms with E-state index in [1.54, 1.807) is 12.4 Å². The molecule has 18 heavy (non-hydrogen) atoms. The van der Waals surface area contributed by atoms with Crippen LogP contribution in [0.2, 0.25) is 0 Å². The lowest BCUT2D eigenvalue weighted by Crippen LogP contribution is -2.19. The molecule has 1 aliphatic rings. The molecule has 1 aliphatic heterocycles. The third-order valence-corrected chi connectivity index (χ3v) is 3.29. The first-order valence-corrected chi connectivity index (χ1v) is 6.47. The van der Waals surface area contributed by atoms with Crippen molar-refractivity contribution in [2.24, 2.45) is 0 Å². The minimum Gasteiger partial charge on any atom is -0.382 e. The number of hydrogen-bond acceptors (Lipinski definition) is 4. The summed E-state index contributed by atoms with van der Waals surface area (Å²) in [7, 11) is 0. The largest absolute Gasteiger partial charge is 0.382 e. The van der Waals surface area contributed by atoms with Gasteiger partial charge in [-0.25, -0.2) is 0 Å². The van der Waals surface area contributed by atoms with E-state index < -0.39 is 0 Å². The minimum absolute atomic E-state index is 0.502. The number of benzene rings is 1. The molecule has 3 rings (SSSR count). The van der Waals surface area contributed by atoms with Crippen LogP contribution in [0.15, 0.2) is 30.6 Å². The molecule has 2 heterocycles. The lowest BCUT2D eigenvalue weighted by molar-refractivity contribution is 0.144. The second-order valence-electron chi connectivity index (χ2n) is 4.64. The first-order valence-electron chi connectivity index (χ1n) is 6.47. The van der Waals surface area contributed by atoms with Gasteiger partial charge in [0.15, 0.2) is 0 Å². The Morgan fingerprint density at radius 1 is 1.06 bits per heavy atom. The van der Waals surface area contributed by atoms with Crippen LogP contribution in [0.1, 0.15) is 19.3 Å². The van der Waals surface area contributed by atoms with Crippen molar-refractivity contribution < 1.29 is 4.74 Å². The average molecular weight is 243 g/mol. The summed E-state index contributed by atoms with van der Waals surface area (Å²) in [5.41, 5.74) is 2.99. The SMILES string of the molecule is c1cnc2cc(NC3CCCOCC3)ccc2n1. The van der Waals surface area contributed by atoms with E-state index in [2.05, 4.69) is 27.4 Å². The van der Waals surface area contributed by atoms with E-state index in [0.29, 0.717) is 6.04 Å². The first kappa shape index (κ1) is 11.4. The zero-order chi connectivity index (χ0) is 12.2. The Balaban J connectivity index is 1.77. The van der Waals surface area contributed by atoms with Gasteiger partial charge >= 0.3 is 0 Å². The molecule has 94 valence electrons. The zero-order valence-corrected chi connectivity index (χ0v) is 10.3. The fourth-order valence-corrected chi connectivity index (χ4v) is 2.34. The highest BCUT2D eigenvalue weighted by Crippen LogP contribution is 2.19. The van der Waals surface area contributed by atoms with Crippen LogP contribution in [0.4, 0.5) is 5.69 Å². The molecular weight excluding hydrogens is 226 g/mol. The van der Waals surface area contributed by atoms with E-state index >= 15 is 0 Å². The van der Waals surface area contributed by atoms with Crippen molar-refractivity contribution in [3.63, 3.8) is 0 Å². The highest BCUT2D eigenvalue weighted by Gasteiger charge is 2.12. The van der Waals surface area contributed by atoms with Crippen LogP contribution in [-0.4, -0.2) is 29.2 Å². The minimum atomic E-state index is 0.502. The number of nitrogens with one attached hydrogen (secondary N) is 1. The molecule has 2 aromatic rings. The molecule has 1 aromatic heterocycles. The molecule has 1 atom stereocenters. The predicted molar refractivity (Wildman–Crippen MR) is 71.6 cm³/mol. The molecule has 1 N–H and O–H groups in total. The Bertz CT molecular complexity index is 521. The summed E-state index contributed by atoms with van der Waals surface area (Å²) >= 11 is 0. The Morgan fingerprint density at radius 3 is 2.89 bits per heavy atom. The fourth-order valence-electron chi connectivity index (χ4n) is 2.34. The van der Waals surface area contributed by atoms with Crippen LogP contribution in [0, 0.1) is 0 Å². The molecule has 0 spiro atoms. The summed E-state index contributed by atoms with van der Waals surface area (Å²) in [6, 6.07) is 6.65. The quantitative estimate of drug-likeness (QED) is 0.880. The smallest absolute Gasteiger partial charge is 0.0907 e. The Hall–Kier alpha value is -1.68. The standard InChI is InChI=1S/C14H17N3O/c1-2-11(5-9-18-8-1)17-12-3-4-13-14(10-12)16-7-6-15-13/h3-4,6-7,10-11,17H,1-2,5,8-9H2. The highest BCUT2D eigenvalue weighted by molar-refractivity contribution is 5.78. The first-order chi connectivity index (χ1) is 8.92. The lowest BCUT2D eigenvalue weighted by atomic mass is 10.1.